The lowest BCUT2D eigenvalue weighted by atomic mass is 9.95. The van der Waals surface area contributed by atoms with Gasteiger partial charge in [-0.25, -0.2) is 9.18 Å². The van der Waals surface area contributed by atoms with Gasteiger partial charge in [-0.3, -0.25) is 9.80 Å². The highest BCUT2D eigenvalue weighted by Crippen LogP contribution is 2.41. The third-order valence-electron chi connectivity index (χ3n) is 9.32. The maximum Gasteiger partial charge on any atom is 0.410 e. The van der Waals surface area contributed by atoms with E-state index >= 15 is 0 Å². The molecule has 4 saturated heterocycles. The number of hydrogen-bond donors (Lipinski definition) is 1. The largest absolute Gasteiger partial charge is 0.461 e. The number of halogens is 1. The molecular formula is C29H37FN6O3. The van der Waals surface area contributed by atoms with Crippen LogP contribution < -0.4 is 15.0 Å². The van der Waals surface area contributed by atoms with E-state index in [-0.39, 0.29) is 30.3 Å². The average Bonchev–Trinajstić information content (AvgIpc) is 3.57. The third kappa shape index (κ3) is 4.71. The average molecular weight is 537 g/mol. The van der Waals surface area contributed by atoms with Gasteiger partial charge in [-0.1, -0.05) is 30.3 Å². The molecule has 7 rings (SSSR count). The number of carbonyl (C=O) groups is 1. The van der Waals surface area contributed by atoms with Crippen molar-refractivity contribution < 1.29 is 18.7 Å². The predicted molar refractivity (Wildman–Crippen MR) is 143 cm³/mol. The molecule has 0 spiro atoms. The van der Waals surface area contributed by atoms with Crippen LogP contribution in [0.25, 0.3) is 0 Å². The smallest absolute Gasteiger partial charge is 0.410 e. The number of ether oxygens (including phenoxy) is 2. The zero-order valence-corrected chi connectivity index (χ0v) is 22.4. The maximum absolute atomic E-state index is 14.3. The fourth-order valence-corrected chi connectivity index (χ4v) is 7.46. The van der Waals surface area contributed by atoms with E-state index < -0.39 is 6.17 Å². The van der Waals surface area contributed by atoms with Crippen molar-refractivity contribution >= 4 is 11.9 Å². The number of carbonyl (C=O) groups excluding carboxylic acids is 1. The molecule has 0 radical (unpaired) electrons. The molecule has 4 unspecified atom stereocenters. The minimum atomic E-state index is -0.788. The Kier molecular flexibility index (Phi) is 6.55. The van der Waals surface area contributed by atoms with E-state index in [4.69, 9.17) is 19.4 Å². The van der Waals surface area contributed by atoms with Gasteiger partial charge in [-0.05, 0) is 50.8 Å². The standard InChI is InChI=1S/C29H37FN6O3/c30-21-13-29(10-4-12-35(29)15-21)19-39-27-32-25-14-31-11-9-24(25)26(33-27)34-16-22-7-8-23(17-34)36(22)28(37)38-18-20-5-2-1-3-6-20/h1-3,5-6,21-23,31H,4,7-19H2. The van der Waals surface area contributed by atoms with E-state index in [0.717, 1.165) is 62.3 Å². The number of rotatable bonds is 6. The van der Waals surface area contributed by atoms with Gasteiger partial charge < -0.3 is 19.7 Å². The van der Waals surface area contributed by atoms with Crippen molar-refractivity contribution in [3.05, 3.63) is 47.2 Å². The number of hydrogen-bond acceptors (Lipinski definition) is 8. The van der Waals surface area contributed by atoms with Gasteiger partial charge in [-0.15, -0.1) is 0 Å². The molecule has 9 nitrogen and oxygen atoms in total. The molecule has 5 aliphatic heterocycles. The highest BCUT2D eigenvalue weighted by molar-refractivity contribution is 5.70. The summed E-state index contributed by atoms with van der Waals surface area (Å²) in [5, 5.41) is 3.42. The fraction of sp³-hybridized carbons (Fsp3) is 0.621. The van der Waals surface area contributed by atoms with Crippen LogP contribution in [0.2, 0.25) is 0 Å². The van der Waals surface area contributed by atoms with Crippen molar-refractivity contribution in [2.45, 2.75) is 75.5 Å². The van der Waals surface area contributed by atoms with Crippen molar-refractivity contribution in [1.29, 1.82) is 0 Å². The van der Waals surface area contributed by atoms with Crippen LogP contribution in [-0.2, 0) is 24.3 Å². The van der Waals surface area contributed by atoms with Crippen LogP contribution in [0.3, 0.4) is 0 Å². The van der Waals surface area contributed by atoms with Gasteiger partial charge in [0.25, 0.3) is 0 Å². The molecule has 6 heterocycles. The molecular weight excluding hydrogens is 499 g/mol. The second-order valence-corrected chi connectivity index (χ2v) is 11.8. The molecule has 10 heteroatoms. The van der Waals surface area contributed by atoms with Gasteiger partial charge >= 0.3 is 12.1 Å². The van der Waals surface area contributed by atoms with Gasteiger partial charge in [0.1, 0.15) is 25.2 Å². The number of benzene rings is 1. The monoisotopic (exact) mass is 536 g/mol. The molecule has 1 aromatic carbocycles. The van der Waals surface area contributed by atoms with Crippen LogP contribution in [0.5, 0.6) is 6.01 Å². The SMILES string of the molecule is O=C(OCc1ccccc1)N1C2CCC1CN(c1nc(OCC34CCCN3CC(F)C4)nc3c1CCNC3)C2. The molecule has 1 aromatic heterocycles. The molecule has 2 bridgehead atoms. The summed E-state index contributed by atoms with van der Waals surface area (Å²) in [6.07, 6.45) is 4.33. The predicted octanol–water partition coefficient (Wildman–Crippen LogP) is 3.07. The van der Waals surface area contributed by atoms with E-state index in [1.165, 1.54) is 5.56 Å². The molecule has 1 N–H and O–H groups in total. The van der Waals surface area contributed by atoms with Crippen LogP contribution in [0, 0.1) is 0 Å². The Morgan fingerprint density at radius 2 is 1.95 bits per heavy atom. The van der Waals surface area contributed by atoms with Crippen LogP contribution in [0.4, 0.5) is 15.0 Å². The fourth-order valence-electron chi connectivity index (χ4n) is 7.46. The molecule has 0 saturated carbocycles. The number of amides is 1. The number of fused-ring (bicyclic) bond motifs is 4. The number of aromatic nitrogens is 2. The summed E-state index contributed by atoms with van der Waals surface area (Å²) in [6.45, 7) is 5.15. The Hall–Kier alpha value is -2.98. The summed E-state index contributed by atoms with van der Waals surface area (Å²) in [4.78, 5) is 29.4. The summed E-state index contributed by atoms with van der Waals surface area (Å²) in [5.41, 5.74) is 2.91. The van der Waals surface area contributed by atoms with E-state index in [2.05, 4.69) is 15.1 Å². The van der Waals surface area contributed by atoms with Crippen molar-refractivity contribution in [3.63, 3.8) is 0 Å². The highest BCUT2D eigenvalue weighted by Gasteiger charge is 2.49. The molecule has 5 aliphatic rings. The Bertz CT molecular complexity index is 1200. The molecule has 2 aromatic rings. The van der Waals surface area contributed by atoms with Crippen LogP contribution in [-0.4, -0.2) is 89.0 Å². The third-order valence-corrected chi connectivity index (χ3v) is 9.32. The van der Waals surface area contributed by atoms with Crippen molar-refractivity contribution in [1.82, 2.24) is 25.1 Å². The zero-order chi connectivity index (χ0) is 26.4. The summed E-state index contributed by atoms with van der Waals surface area (Å²) < 4.78 is 26.2. The Balaban J connectivity index is 1.07. The van der Waals surface area contributed by atoms with Gasteiger partial charge in [0.05, 0.1) is 23.3 Å². The minimum Gasteiger partial charge on any atom is -0.461 e. The first kappa shape index (κ1) is 25.0. The Morgan fingerprint density at radius 3 is 2.77 bits per heavy atom. The van der Waals surface area contributed by atoms with Crippen LogP contribution in [0.1, 0.15) is 48.9 Å². The van der Waals surface area contributed by atoms with Crippen LogP contribution >= 0.6 is 0 Å². The number of nitrogens with one attached hydrogen (secondary N) is 1. The van der Waals surface area contributed by atoms with Gasteiger partial charge in [0.15, 0.2) is 0 Å². The second kappa shape index (κ2) is 10.2. The van der Waals surface area contributed by atoms with Crippen LogP contribution in [0.15, 0.2) is 30.3 Å². The van der Waals surface area contributed by atoms with Crippen molar-refractivity contribution in [3.8, 4) is 6.01 Å². The summed E-state index contributed by atoms with van der Waals surface area (Å²) in [5.74, 6) is 0.932. The Morgan fingerprint density at radius 1 is 1.13 bits per heavy atom. The molecule has 39 heavy (non-hydrogen) atoms. The Labute approximate surface area is 228 Å². The highest BCUT2D eigenvalue weighted by atomic mass is 19.1. The summed E-state index contributed by atoms with van der Waals surface area (Å²) >= 11 is 0. The van der Waals surface area contributed by atoms with E-state index in [1.807, 2.05) is 35.2 Å². The lowest BCUT2D eigenvalue weighted by molar-refractivity contribution is 0.0732. The van der Waals surface area contributed by atoms with Crippen molar-refractivity contribution in [2.75, 3.05) is 44.2 Å². The summed E-state index contributed by atoms with van der Waals surface area (Å²) in [7, 11) is 0. The first-order chi connectivity index (χ1) is 19.1. The second-order valence-electron chi connectivity index (χ2n) is 11.8. The lowest BCUT2D eigenvalue weighted by Crippen LogP contribution is -2.56. The number of alkyl halides is 1. The maximum atomic E-state index is 14.3. The number of piperazine rings is 1. The topological polar surface area (TPSA) is 83.1 Å². The normalized spacial score (nSPS) is 29.8. The molecule has 4 fully saturated rings. The molecule has 4 atom stereocenters. The first-order valence-electron chi connectivity index (χ1n) is 14.4. The molecule has 0 aliphatic carbocycles. The first-order valence-corrected chi connectivity index (χ1v) is 14.4. The molecule has 208 valence electrons. The number of nitrogens with zero attached hydrogens (tertiary/aromatic N) is 5. The van der Waals surface area contributed by atoms with E-state index in [9.17, 15) is 9.18 Å². The summed E-state index contributed by atoms with van der Waals surface area (Å²) in [6, 6.07) is 10.4. The van der Waals surface area contributed by atoms with E-state index in [1.54, 1.807) is 0 Å². The van der Waals surface area contributed by atoms with Gasteiger partial charge in [0.2, 0.25) is 0 Å². The minimum absolute atomic E-state index is 0.0923. The van der Waals surface area contributed by atoms with Gasteiger partial charge in [0, 0.05) is 38.2 Å². The van der Waals surface area contributed by atoms with E-state index in [0.29, 0.717) is 45.2 Å². The lowest BCUT2D eigenvalue weighted by Gasteiger charge is -2.41. The van der Waals surface area contributed by atoms with Gasteiger partial charge in [-0.2, -0.15) is 9.97 Å². The zero-order valence-electron chi connectivity index (χ0n) is 22.4. The quantitative estimate of drug-likeness (QED) is 0.603. The van der Waals surface area contributed by atoms with Crippen molar-refractivity contribution in [2.24, 2.45) is 0 Å². The molecule has 1 amide bonds. The number of anilines is 1.